The Morgan fingerprint density at radius 2 is 0.420 bits per heavy atom. The van der Waals surface area contributed by atoms with Crippen LogP contribution < -0.4 is 0 Å². The molecule has 0 fully saturated rings. The normalized spacial score (nSPS) is 12.8. The minimum Gasteiger partial charge on any atom is -0.478 e. The average molecular weight is 1260 g/mol. The van der Waals surface area contributed by atoms with E-state index in [2.05, 4.69) is 37.9 Å². The van der Waals surface area contributed by atoms with Gasteiger partial charge in [0.15, 0.2) is 0 Å². The van der Waals surface area contributed by atoms with Gasteiger partial charge in [0, 0.05) is 72.9 Å². The maximum absolute atomic E-state index is 12.5. The van der Waals surface area contributed by atoms with E-state index in [9.17, 15) is 86.3 Å². The summed E-state index contributed by atoms with van der Waals surface area (Å²) in [7, 11) is 6.30. The Labute approximate surface area is 498 Å². The lowest BCUT2D eigenvalue weighted by Gasteiger charge is -2.25. The molecule has 0 aliphatic heterocycles. The molecule has 0 saturated carbocycles. The highest BCUT2D eigenvalue weighted by molar-refractivity contribution is 5.99. The minimum absolute atomic E-state index is 0.156. The topological polar surface area (TPSA) is 495 Å². The molecule has 0 aromatic heterocycles. The number of hydrogen-bond donors (Lipinski definition) is 2. The number of carbonyl (C=O) groups is 18. The third-order valence-corrected chi connectivity index (χ3v) is 8.32. The third-order valence-electron chi connectivity index (χ3n) is 8.32. The van der Waals surface area contributed by atoms with E-state index < -0.39 is 156 Å². The van der Waals surface area contributed by atoms with Crippen LogP contribution in [0.5, 0.6) is 0 Å². The molecule has 0 unspecified atom stereocenters. The molecule has 6 atom stereocenters. The number of methoxy groups -OCH3 is 6. The number of esters is 16. The number of carboxylic acid groups (broad SMARTS) is 2. The van der Waals surface area contributed by atoms with E-state index in [-0.39, 0.29) is 13.2 Å². The first-order chi connectivity index (χ1) is 41.2. The van der Waals surface area contributed by atoms with E-state index >= 15 is 0 Å². The van der Waals surface area contributed by atoms with Crippen LogP contribution in [0, 0.1) is 0 Å². The van der Waals surface area contributed by atoms with Gasteiger partial charge >= 0.3 is 107 Å². The van der Waals surface area contributed by atoms with Gasteiger partial charge in [-0.05, 0) is 41.5 Å². The minimum atomic E-state index is -2.43. The zero-order valence-electron chi connectivity index (χ0n) is 48.7. The van der Waals surface area contributed by atoms with Gasteiger partial charge in [-0.15, -0.1) is 0 Å². The van der Waals surface area contributed by atoms with Crippen LogP contribution in [0.4, 0.5) is 0 Å². The van der Waals surface area contributed by atoms with Crippen molar-refractivity contribution >= 4 is 107 Å². The van der Waals surface area contributed by atoms with Crippen LogP contribution in [-0.2, 0) is 162 Å². The van der Waals surface area contributed by atoms with Crippen molar-refractivity contribution in [3.63, 3.8) is 0 Å². The van der Waals surface area contributed by atoms with Crippen molar-refractivity contribution in [3.05, 3.63) is 72.9 Å². The fourth-order valence-corrected chi connectivity index (χ4v) is 4.68. The van der Waals surface area contributed by atoms with E-state index in [0.29, 0.717) is 72.9 Å². The number of hydrogen-bond acceptors (Lipinski definition) is 34. The highest BCUT2D eigenvalue weighted by atomic mass is 16.7. The van der Waals surface area contributed by atoms with Gasteiger partial charge in [-0.1, -0.05) is 0 Å². The van der Waals surface area contributed by atoms with E-state index in [0.717, 1.165) is 42.7 Å². The van der Waals surface area contributed by atoms with Gasteiger partial charge in [-0.2, -0.15) is 0 Å². The molecule has 0 radical (unpaired) electrons. The summed E-state index contributed by atoms with van der Waals surface area (Å²) in [6.45, 7) is 8.52. The van der Waals surface area contributed by atoms with Gasteiger partial charge in [0.25, 0.3) is 0 Å². The van der Waals surface area contributed by atoms with Gasteiger partial charge in [-0.3, -0.25) is 0 Å². The monoisotopic (exact) mass is 1260 g/mol. The Bertz CT molecular complexity index is 2500. The summed E-state index contributed by atoms with van der Waals surface area (Å²) in [4.78, 5) is 209. The molecule has 0 spiro atoms. The third kappa shape index (κ3) is 37.2. The maximum atomic E-state index is 12.5. The summed E-state index contributed by atoms with van der Waals surface area (Å²) in [5, 5.41) is 18.0. The number of aliphatic carboxylic acids is 2. The summed E-state index contributed by atoms with van der Waals surface area (Å²) in [5.41, 5.74) is 0. The van der Waals surface area contributed by atoms with Crippen LogP contribution in [0.25, 0.3) is 0 Å². The molecular formula is C52H62O36. The number of ether oxygens (including phenoxy) is 16. The van der Waals surface area contributed by atoms with Crippen molar-refractivity contribution < 1.29 is 172 Å². The molecule has 0 heterocycles. The van der Waals surface area contributed by atoms with Crippen LogP contribution in [-0.4, -0.2) is 222 Å². The lowest BCUT2D eigenvalue weighted by Crippen LogP contribution is -2.48. The van der Waals surface area contributed by atoms with Crippen LogP contribution in [0.15, 0.2) is 72.9 Å². The molecule has 36 heteroatoms. The predicted octanol–water partition coefficient (Wildman–Crippen LogP) is -2.00. The van der Waals surface area contributed by atoms with E-state index in [1.807, 2.05) is 0 Å². The maximum Gasteiger partial charge on any atom is 0.352 e. The Hall–Kier alpha value is -11.1. The van der Waals surface area contributed by atoms with Gasteiger partial charge in [0.2, 0.25) is 36.6 Å². The van der Waals surface area contributed by atoms with Crippen molar-refractivity contribution in [2.75, 3.05) is 55.9 Å². The van der Waals surface area contributed by atoms with Gasteiger partial charge in [0.05, 0.1) is 68.1 Å². The van der Waals surface area contributed by atoms with E-state index in [4.69, 9.17) is 48.1 Å². The molecule has 0 amide bonds. The summed E-state index contributed by atoms with van der Waals surface area (Å²) in [6.07, 6.45) is -7.04. The lowest BCUT2D eigenvalue weighted by atomic mass is 10.2. The molecule has 36 nitrogen and oxygen atoms in total. The Morgan fingerprint density at radius 3 is 0.568 bits per heavy atom. The van der Waals surface area contributed by atoms with Crippen LogP contribution in [0.2, 0.25) is 0 Å². The zero-order valence-corrected chi connectivity index (χ0v) is 48.7. The highest BCUT2D eigenvalue weighted by Gasteiger charge is 2.44. The average Bonchev–Trinajstić information content (AvgIpc) is 3.58. The number of carboxylic acids is 2. The quantitative estimate of drug-likeness (QED) is 0.0431. The highest BCUT2D eigenvalue weighted by Crippen LogP contribution is 2.15. The standard InChI is InChI=1S/C20H26O12.C18H22O12.C14H14O12/c1-11(2)29-19(25)17(31-15(23)9-7-13(21)27-5)18(20(26)30-12(3)4)32-16(24)10-8-14(22)28-6;1-5-27-17(23)15(29-13(21)9-7-11(19)25-3)16(18(24)28-6-2)30-14(22)10-8-12(20)26-4;1-23-7(15)3-5-9(17)25-11(13(19)20)12(14(21)22)26-10(18)6-4-8(16)24-2/h7-12,17-18H,1-6H3;7-10,15-16H,5-6H2,1-4H3;3-6,11-12H,1-2H3,(H,19,20)(H,21,22)/b2*9-7+,10-8+;5-3+,6-4+/t17-,18-;15-,16-;11-,12-/m111/s1. The predicted molar refractivity (Wildman–Crippen MR) is 277 cm³/mol. The lowest BCUT2D eigenvalue weighted by molar-refractivity contribution is -0.191. The van der Waals surface area contributed by atoms with Crippen molar-refractivity contribution in [2.24, 2.45) is 0 Å². The second kappa shape index (κ2) is 45.3. The molecule has 0 bridgehead atoms. The Kier molecular flexibility index (Phi) is 41.8. The molecule has 0 aliphatic carbocycles. The first-order valence-corrected chi connectivity index (χ1v) is 24.2. The van der Waals surface area contributed by atoms with Crippen molar-refractivity contribution in [1.29, 1.82) is 0 Å². The Balaban J connectivity index is -0.00000124. The zero-order chi connectivity index (χ0) is 68.2. The summed E-state index contributed by atoms with van der Waals surface area (Å²) >= 11 is 0. The first kappa shape index (κ1) is 81.1. The second-order valence-electron chi connectivity index (χ2n) is 15.4. The van der Waals surface area contributed by atoms with Crippen LogP contribution in [0.3, 0.4) is 0 Å². The summed E-state index contributed by atoms with van der Waals surface area (Å²) in [5.74, 6) is -22.0. The van der Waals surface area contributed by atoms with Gasteiger partial charge in [0.1, 0.15) is 0 Å². The second-order valence-corrected chi connectivity index (χ2v) is 15.4. The number of rotatable bonds is 31. The van der Waals surface area contributed by atoms with E-state index in [1.165, 1.54) is 41.5 Å². The molecule has 0 rings (SSSR count). The molecular weight excluding hydrogens is 1200 g/mol. The summed E-state index contributed by atoms with van der Waals surface area (Å²) < 4.78 is 73.3. The molecule has 0 aliphatic rings. The Morgan fingerprint density at radius 1 is 0.261 bits per heavy atom. The first-order valence-electron chi connectivity index (χ1n) is 24.2. The fourth-order valence-electron chi connectivity index (χ4n) is 4.68. The van der Waals surface area contributed by atoms with Gasteiger partial charge < -0.3 is 86.0 Å². The molecule has 88 heavy (non-hydrogen) atoms. The largest absolute Gasteiger partial charge is 0.478 e. The summed E-state index contributed by atoms with van der Waals surface area (Å²) in [6, 6.07) is 0. The molecule has 0 aromatic carbocycles. The van der Waals surface area contributed by atoms with Crippen molar-refractivity contribution in [2.45, 2.75) is 90.4 Å². The molecule has 486 valence electrons. The number of carbonyl (C=O) groups excluding carboxylic acids is 16. The smallest absolute Gasteiger partial charge is 0.352 e. The molecule has 0 saturated heterocycles. The van der Waals surface area contributed by atoms with Crippen molar-refractivity contribution in [1.82, 2.24) is 0 Å². The molecule has 0 aromatic rings. The van der Waals surface area contributed by atoms with Crippen LogP contribution >= 0.6 is 0 Å². The fraction of sp³-hybridized carbons (Fsp3) is 0.423. The van der Waals surface area contributed by atoms with Gasteiger partial charge in [-0.25, -0.2) is 86.3 Å². The van der Waals surface area contributed by atoms with Crippen LogP contribution in [0.1, 0.15) is 41.5 Å². The molecule has 2 N–H and O–H groups in total. The van der Waals surface area contributed by atoms with E-state index in [1.54, 1.807) is 0 Å². The SMILES string of the molecule is CCOC(=O)[C@H](OC(=O)/C=C/C(=O)OC)[C@@H](OC(=O)/C=C/C(=O)OC)C(=O)OCC.COC(=O)/C=C/C(=O)O[C@@H](C(=O)O)[C@@H](OC(=O)/C=C/C(=O)OC)C(=O)O.COC(=O)/C=C/C(=O)O[C@@H](C(=O)OC(C)C)[C@@H](OC(=O)/C=C/C(=O)OC)C(=O)OC(C)C. The van der Waals surface area contributed by atoms with Crippen molar-refractivity contribution in [3.8, 4) is 0 Å².